The van der Waals surface area contributed by atoms with Crippen LogP contribution in [0.15, 0.2) is 18.2 Å². The molecule has 0 bridgehead atoms. The number of nitrogens with one attached hydrogen (secondary N) is 1. The average Bonchev–Trinajstić information content (AvgIpc) is 2.48. The Hall–Kier alpha value is -1.17. The molecule has 1 amide bonds. The number of morpholine rings is 1. The summed E-state index contributed by atoms with van der Waals surface area (Å²) in [5.41, 5.74) is 0.700. The molecule has 0 unspecified atom stereocenters. The van der Waals surface area contributed by atoms with Crippen LogP contribution in [0.1, 0.15) is 12.0 Å². The summed E-state index contributed by atoms with van der Waals surface area (Å²) < 4.78 is 18.4. The zero-order valence-corrected chi connectivity index (χ0v) is 12.0. The minimum atomic E-state index is -0.421. The highest BCUT2D eigenvalue weighted by molar-refractivity contribution is 6.31. The number of benzene rings is 1. The van der Waals surface area contributed by atoms with Crippen LogP contribution in [-0.4, -0.2) is 43.7 Å². The van der Waals surface area contributed by atoms with E-state index in [-0.39, 0.29) is 10.9 Å². The summed E-state index contributed by atoms with van der Waals surface area (Å²) in [6.07, 6.45) is 0.424. The van der Waals surface area contributed by atoms with Crippen LogP contribution in [0.4, 0.5) is 4.39 Å². The van der Waals surface area contributed by atoms with Gasteiger partial charge in [0.15, 0.2) is 0 Å². The molecule has 1 aliphatic heterocycles. The molecule has 1 fully saturated rings. The molecule has 6 heteroatoms. The second-order valence-electron chi connectivity index (χ2n) is 4.63. The predicted octanol–water partition coefficient (Wildman–Crippen LogP) is 1.82. The van der Waals surface area contributed by atoms with Crippen LogP contribution in [0, 0.1) is 5.82 Å². The molecule has 0 atom stereocenters. The number of hydrogen-bond acceptors (Lipinski definition) is 3. The van der Waals surface area contributed by atoms with Crippen molar-refractivity contribution in [1.29, 1.82) is 0 Å². The van der Waals surface area contributed by atoms with E-state index in [4.69, 9.17) is 16.3 Å². The van der Waals surface area contributed by atoms with Crippen molar-refractivity contribution >= 4 is 17.5 Å². The van der Waals surface area contributed by atoms with Crippen LogP contribution in [-0.2, 0) is 16.1 Å². The van der Waals surface area contributed by atoms with E-state index in [1.54, 1.807) is 17.0 Å². The molecule has 1 aromatic rings. The average molecular weight is 301 g/mol. The number of halogens is 2. The summed E-state index contributed by atoms with van der Waals surface area (Å²) in [5.74, 6) is -0.304. The number of amides is 1. The SMILES string of the molecule is O=C(CCNCc1cccc(F)c1Cl)N1CCOCC1. The van der Waals surface area contributed by atoms with Crippen LogP contribution < -0.4 is 5.32 Å². The maximum absolute atomic E-state index is 13.2. The van der Waals surface area contributed by atoms with E-state index < -0.39 is 5.82 Å². The predicted molar refractivity (Wildman–Crippen MR) is 75.1 cm³/mol. The smallest absolute Gasteiger partial charge is 0.224 e. The largest absolute Gasteiger partial charge is 0.378 e. The Labute approximate surface area is 122 Å². The maximum atomic E-state index is 13.2. The van der Waals surface area contributed by atoms with Crippen molar-refractivity contribution in [2.24, 2.45) is 0 Å². The molecular formula is C14H18ClFN2O2. The first kappa shape index (κ1) is 15.2. The van der Waals surface area contributed by atoms with Gasteiger partial charge in [0.1, 0.15) is 5.82 Å². The normalized spacial score (nSPS) is 15.4. The van der Waals surface area contributed by atoms with Gasteiger partial charge in [0.05, 0.1) is 18.2 Å². The summed E-state index contributed by atoms with van der Waals surface area (Å²) in [6.45, 7) is 3.54. The summed E-state index contributed by atoms with van der Waals surface area (Å²) >= 11 is 5.85. The van der Waals surface area contributed by atoms with Gasteiger partial charge in [-0.3, -0.25) is 4.79 Å². The molecule has 0 spiro atoms. The fraction of sp³-hybridized carbons (Fsp3) is 0.500. The second-order valence-corrected chi connectivity index (χ2v) is 5.01. The highest BCUT2D eigenvalue weighted by Crippen LogP contribution is 2.19. The van der Waals surface area contributed by atoms with Crippen molar-refractivity contribution in [1.82, 2.24) is 10.2 Å². The number of ether oxygens (including phenoxy) is 1. The third kappa shape index (κ3) is 4.16. The van der Waals surface area contributed by atoms with Gasteiger partial charge in [-0.05, 0) is 11.6 Å². The Balaban J connectivity index is 1.70. The summed E-state index contributed by atoms with van der Waals surface area (Å²) in [7, 11) is 0. The van der Waals surface area contributed by atoms with Crippen LogP contribution >= 0.6 is 11.6 Å². The number of nitrogens with zero attached hydrogens (tertiary/aromatic N) is 1. The van der Waals surface area contributed by atoms with Gasteiger partial charge in [0, 0.05) is 32.6 Å². The van der Waals surface area contributed by atoms with Crippen LogP contribution in [0.2, 0.25) is 5.02 Å². The van der Waals surface area contributed by atoms with Gasteiger partial charge in [-0.1, -0.05) is 23.7 Å². The number of carbonyl (C=O) groups excluding carboxylic acids is 1. The highest BCUT2D eigenvalue weighted by atomic mass is 35.5. The first-order valence-corrected chi connectivity index (χ1v) is 7.05. The minimum absolute atomic E-state index is 0.117. The lowest BCUT2D eigenvalue weighted by atomic mass is 10.2. The molecule has 0 radical (unpaired) electrons. The van der Waals surface area contributed by atoms with Crippen molar-refractivity contribution in [3.8, 4) is 0 Å². The zero-order chi connectivity index (χ0) is 14.4. The molecule has 1 saturated heterocycles. The Morgan fingerprint density at radius 2 is 2.15 bits per heavy atom. The van der Waals surface area contributed by atoms with E-state index in [9.17, 15) is 9.18 Å². The molecule has 0 saturated carbocycles. The molecule has 1 N–H and O–H groups in total. The Morgan fingerprint density at radius 3 is 2.90 bits per heavy atom. The van der Waals surface area contributed by atoms with E-state index in [1.165, 1.54) is 6.07 Å². The molecule has 110 valence electrons. The van der Waals surface area contributed by atoms with Crippen LogP contribution in [0.3, 0.4) is 0 Å². The lowest BCUT2D eigenvalue weighted by molar-refractivity contribution is -0.135. The molecule has 1 aliphatic rings. The maximum Gasteiger partial charge on any atom is 0.224 e. The van der Waals surface area contributed by atoms with Gasteiger partial charge in [0.25, 0.3) is 0 Å². The number of carbonyl (C=O) groups is 1. The molecule has 2 rings (SSSR count). The van der Waals surface area contributed by atoms with E-state index in [0.717, 1.165) is 0 Å². The Morgan fingerprint density at radius 1 is 1.40 bits per heavy atom. The number of rotatable bonds is 5. The standard InChI is InChI=1S/C14H18ClFN2O2/c15-14-11(2-1-3-12(14)16)10-17-5-4-13(19)18-6-8-20-9-7-18/h1-3,17H,4-10H2. The quantitative estimate of drug-likeness (QED) is 0.844. The Kier molecular flexibility index (Phi) is 5.76. The molecular weight excluding hydrogens is 283 g/mol. The van der Waals surface area contributed by atoms with Crippen molar-refractivity contribution in [2.75, 3.05) is 32.8 Å². The monoisotopic (exact) mass is 300 g/mol. The fourth-order valence-corrected chi connectivity index (χ4v) is 2.27. The minimum Gasteiger partial charge on any atom is -0.378 e. The lowest BCUT2D eigenvalue weighted by Gasteiger charge is -2.26. The molecule has 0 aliphatic carbocycles. The van der Waals surface area contributed by atoms with E-state index in [0.29, 0.717) is 51.4 Å². The second kappa shape index (κ2) is 7.57. The van der Waals surface area contributed by atoms with E-state index in [2.05, 4.69) is 5.32 Å². The van der Waals surface area contributed by atoms with E-state index in [1.807, 2.05) is 0 Å². The fourth-order valence-electron chi connectivity index (χ4n) is 2.07. The molecule has 1 aromatic carbocycles. The first-order valence-electron chi connectivity index (χ1n) is 6.67. The van der Waals surface area contributed by atoms with Gasteiger partial charge in [-0.2, -0.15) is 0 Å². The summed E-state index contributed by atoms with van der Waals surface area (Å²) in [6, 6.07) is 4.72. The van der Waals surface area contributed by atoms with Crippen molar-refractivity contribution < 1.29 is 13.9 Å². The van der Waals surface area contributed by atoms with Crippen LogP contribution in [0.25, 0.3) is 0 Å². The molecule has 1 heterocycles. The molecule has 0 aromatic heterocycles. The first-order chi connectivity index (χ1) is 9.68. The van der Waals surface area contributed by atoms with Crippen molar-refractivity contribution in [3.63, 3.8) is 0 Å². The zero-order valence-electron chi connectivity index (χ0n) is 11.2. The van der Waals surface area contributed by atoms with Gasteiger partial charge >= 0.3 is 0 Å². The molecule has 4 nitrogen and oxygen atoms in total. The van der Waals surface area contributed by atoms with Crippen LogP contribution in [0.5, 0.6) is 0 Å². The highest BCUT2D eigenvalue weighted by Gasteiger charge is 2.15. The van der Waals surface area contributed by atoms with Gasteiger partial charge in [-0.25, -0.2) is 4.39 Å². The lowest BCUT2D eigenvalue weighted by Crippen LogP contribution is -2.41. The van der Waals surface area contributed by atoms with E-state index >= 15 is 0 Å². The topological polar surface area (TPSA) is 41.6 Å². The number of hydrogen-bond donors (Lipinski definition) is 1. The van der Waals surface area contributed by atoms with Gasteiger partial charge in [-0.15, -0.1) is 0 Å². The third-order valence-electron chi connectivity index (χ3n) is 3.23. The Bertz CT molecular complexity index is 464. The third-order valence-corrected chi connectivity index (χ3v) is 3.65. The summed E-state index contributed by atoms with van der Waals surface area (Å²) in [5, 5.41) is 3.25. The van der Waals surface area contributed by atoms with Crippen molar-refractivity contribution in [2.45, 2.75) is 13.0 Å². The van der Waals surface area contributed by atoms with Crippen molar-refractivity contribution in [3.05, 3.63) is 34.6 Å². The molecule has 20 heavy (non-hydrogen) atoms. The summed E-state index contributed by atoms with van der Waals surface area (Å²) in [4.78, 5) is 13.7. The van der Waals surface area contributed by atoms with Gasteiger partial charge in [0.2, 0.25) is 5.91 Å². The van der Waals surface area contributed by atoms with Gasteiger partial charge < -0.3 is 15.0 Å².